The first-order valence-electron chi connectivity index (χ1n) is 10.2. The van der Waals surface area contributed by atoms with Crippen LogP contribution in [0, 0.1) is 0 Å². The van der Waals surface area contributed by atoms with Gasteiger partial charge in [0.05, 0.1) is 0 Å². The van der Waals surface area contributed by atoms with Crippen molar-refractivity contribution in [1.29, 1.82) is 0 Å². The number of carbonyl (C=O) groups excluding carboxylic acids is 2. The van der Waals surface area contributed by atoms with Crippen LogP contribution in [0.3, 0.4) is 0 Å². The molecule has 4 rings (SSSR count). The first-order valence-corrected chi connectivity index (χ1v) is 10.2. The lowest BCUT2D eigenvalue weighted by atomic mass is 10.1. The smallest absolute Gasteiger partial charge is 0.321 e. The summed E-state index contributed by atoms with van der Waals surface area (Å²) in [5.41, 5.74) is 2.79. The third kappa shape index (κ3) is 4.03. The van der Waals surface area contributed by atoms with Crippen LogP contribution in [0.4, 0.5) is 10.5 Å². The van der Waals surface area contributed by atoms with E-state index in [1.54, 1.807) is 4.90 Å². The van der Waals surface area contributed by atoms with Crippen molar-refractivity contribution < 1.29 is 9.59 Å². The Hall–Kier alpha value is -2.82. The van der Waals surface area contributed by atoms with E-state index in [2.05, 4.69) is 22.3 Å². The van der Waals surface area contributed by atoms with Crippen molar-refractivity contribution >= 4 is 17.6 Å². The summed E-state index contributed by atoms with van der Waals surface area (Å²) in [4.78, 5) is 28.9. The van der Waals surface area contributed by atoms with Crippen molar-refractivity contribution in [1.82, 2.24) is 10.2 Å². The van der Waals surface area contributed by atoms with Gasteiger partial charge in [-0.15, -0.1) is 0 Å². The second-order valence-electron chi connectivity index (χ2n) is 7.60. The molecular formula is C23H27N3O2. The van der Waals surface area contributed by atoms with Crippen LogP contribution in [-0.2, 0) is 6.42 Å². The summed E-state index contributed by atoms with van der Waals surface area (Å²) < 4.78 is 0. The van der Waals surface area contributed by atoms with E-state index in [0.29, 0.717) is 24.7 Å². The molecule has 2 aromatic rings. The normalized spacial score (nSPS) is 17.0. The number of hydrogen-bond donors (Lipinski definition) is 1. The minimum Gasteiger partial charge on any atom is -0.336 e. The van der Waals surface area contributed by atoms with Gasteiger partial charge in [-0.1, -0.05) is 43.2 Å². The molecule has 2 aromatic carbocycles. The maximum Gasteiger partial charge on any atom is 0.321 e. The van der Waals surface area contributed by atoms with Crippen molar-refractivity contribution in [2.75, 3.05) is 24.5 Å². The Morgan fingerprint density at radius 3 is 2.39 bits per heavy atom. The Balaban J connectivity index is 1.48. The molecule has 3 amide bonds. The molecule has 0 unspecified atom stereocenters. The fraction of sp³-hybridized carbons (Fsp3) is 0.391. The molecular weight excluding hydrogens is 350 g/mol. The van der Waals surface area contributed by atoms with E-state index in [0.717, 1.165) is 31.5 Å². The van der Waals surface area contributed by atoms with Crippen molar-refractivity contribution in [3.8, 4) is 0 Å². The summed E-state index contributed by atoms with van der Waals surface area (Å²) in [5, 5.41) is 2.80. The van der Waals surface area contributed by atoms with Crippen molar-refractivity contribution in [3.05, 3.63) is 65.7 Å². The van der Waals surface area contributed by atoms with Crippen LogP contribution in [0.25, 0.3) is 0 Å². The molecule has 1 heterocycles. The van der Waals surface area contributed by atoms with Crippen LogP contribution in [0.5, 0.6) is 0 Å². The van der Waals surface area contributed by atoms with Gasteiger partial charge in [0, 0.05) is 36.9 Å². The summed E-state index contributed by atoms with van der Waals surface area (Å²) in [5.74, 6) is 0.0975. The zero-order chi connectivity index (χ0) is 19.3. The molecule has 1 N–H and O–H groups in total. The van der Waals surface area contributed by atoms with Gasteiger partial charge in [0.15, 0.2) is 0 Å². The molecule has 1 aliphatic heterocycles. The zero-order valence-corrected chi connectivity index (χ0v) is 16.1. The Morgan fingerprint density at radius 1 is 1.04 bits per heavy atom. The Labute approximate surface area is 166 Å². The quantitative estimate of drug-likeness (QED) is 0.831. The van der Waals surface area contributed by atoms with Crippen molar-refractivity contribution in [3.63, 3.8) is 0 Å². The highest BCUT2D eigenvalue weighted by molar-refractivity contribution is 5.97. The van der Waals surface area contributed by atoms with Gasteiger partial charge in [-0.2, -0.15) is 0 Å². The standard InChI is InChI=1S/C23H27N3O2/c27-22(19-10-12-21(13-11-19)26-17-15-24-23(26)28)25(20-8-4-5-9-20)16-14-18-6-2-1-3-7-18/h1-3,6-7,10-13,20H,4-5,8-9,14-17H2,(H,24,28). The van der Waals surface area contributed by atoms with Crippen LogP contribution in [0.2, 0.25) is 0 Å². The Kier molecular flexibility index (Phi) is 5.60. The number of urea groups is 1. The van der Waals surface area contributed by atoms with E-state index < -0.39 is 0 Å². The molecule has 5 nitrogen and oxygen atoms in total. The molecule has 28 heavy (non-hydrogen) atoms. The number of nitrogens with zero attached hydrogens (tertiary/aromatic N) is 2. The van der Waals surface area contributed by atoms with E-state index in [4.69, 9.17) is 0 Å². The fourth-order valence-electron chi connectivity index (χ4n) is 4.23. The van der Waals surface area contributed by atoms with Gasteiger partial charge in [-0.05, 0) is 49.1 Å². The average molecular weight is 377 g/mol. The van der Waals surface area contributed by atoms with Gasteiger partial charge in [0.2, 0.25) is 0 Å². The highest BCUT2D eigenvalue weighted by Crippen LogP contribution is 2.26. The number of amides is 3. The average Bonchev–Trinajstić information content (AvgIpc) is 3.41. The number of carbonyl (C=O) groups is 2. The summed E-state index contributed by atoms with van der Waals surface area (Å²) >= 11 is 0. The maximum absolute atomic E-state index is 13.3. The fourth-order valence-corrected chi connectivity index (χ4v) is 4.23. The van der Waals surface area contributed by atoms with Gasteiger partial charge in [-0.25, -0.2) is 4.79 Å². The summed E-state index contributed by atoms with van der Waals surface area (Å²) in [6.45, 7) is 2.07. The maximum atomic E-state index is 13.3. The predicted molar refractivity (Wildman–Crippen MR) is 111 cm³/mol. The predicted octanol–water partition coefficient (Wildman–Crippen LogP) is 3.84. The van der Waals surface area contributed by atoms with Crippen LogP contribution in [-0.4, -0.2) is 42.5 Å². The van der Waals surface area contributed by atoms with E-state index in [-0.39, 0.29) is 11.9 Å². The van der Waals surface area contributed by atoms with Crippen LogP contribution >= 0.6 is 0 Å². The van der Waals surface area contributed by atoms with E-state index in [1.165, 1.54) is 18.4 Å². The highest BCUT2D eigenvalue weighted by atomic mass is 16.2. The molecule has 0 aromatic heterocycles. The Bertz CT molecular complexity index is 814. The molecule has 146 valence electrons. The molecule has 1 saturated heterocycles. The SMILES string of the molecule is O=C1NCCN1c1ccc(C(=O)N(CCc2ccccc2)C2CCCC2)cc1. The van der Waals surface area contributed by atoms with E-state index in [1.807, 2.05) is 42.5 Å². The summed E-state index contributed by atoms with van der Waals surface area (Å²) in [7, 11) is 0. The van der Waals surface area contributed by atoms with Crippen LogP contribution in [0.15, 0.2) is 54.6 Å². The molecule has 2 fully saturated rings. The zero-order valence-electron chi connectivity index (χ0n) is 16.1. The largest absolute Gasteiger partial charge is 0.336 e. The topological polar surface area (TPSA) is 52.7 Å². The summed E-state index contributed by atoms with van der Waals surface area (Å²) in [6, 6.07) is 18.1. The second-order valence-corrected chi connectivity index (χ2v) is 7.60. The molecule has 0 radical (unpaired) electrons. The minimum atomic E-state index is -0.0745. The Morgan fingerprint density at radius 2 is 1.75 bits per heavy atom. The van der Waals surface area contributed by atoms with Crippen LogP contribution in [0.1, 0.15) is 41.6 Å². The lowest BCUT2D eigenvalue weighted by Crippen LogP contribution is -2.40. The molecule has 0 bridgehead atoms. The number of rotatable bonds is 6. The minimum absolute atomic E-state index is 0.0745. The first-order chi connectivity index (χ1) is 13.7. The lowest BCUT2D eigenvalue weighted by Gasteiger charge is -2.29. The number of benzene rings is 2. The van der Waals surface area contributed by atoms with Gasteiger partial charge >= 0.3 is 6.03 Å². The molecule has 0 spiro atoms. The molecule has 2 aliphatic rings. The monoisotopic (exact) mass is 377 g/mol. The molecule has 1 saturated carbocycles. The van der Waals surface area contributed by atoms with Gasteiger partial charge in [0.1, 0.15) is 0 Å². The van der Waals surface area contributed by atoms with Gasteiger partial charge in [-0.3, -0.25) is 9.69 Å². The number of nitrogens with one attached hydrogen (secondary N) is 1. The number of hydrogen-bond acceptors (Lipinski definition) is 2. The van der Waals surface area contributed by atoms with Crippen LogP contribution < -0.4 is 10.2 Å². The van der Waals surface area contributed by atoms with E-state index in [9.17, 15) is 9.59 Å². The van der Waals surface area contributed by atoms with Gasteiger partial charge in [0.25, 0.3) is 5.91 Å². The third-order valence-corrected chi connectivity index (χ3v) is 5.79. The molecule has 5 heteroatoms. The highest BCUT2D eigenvalue weighted by Gasteiger charge is 2.27. The van der Waals surface area contributed by atoms with E-state index >= 15 is 0 Å². The summed E-state index contributed by atoms with van der Waals surface area (Å²) in [6.07, 6.45) is 5.44. The van der Waals surface area contributed by atoms with Crippen molar-refractivity contribution in [2.45, 2.75) is 38.1 Å². The van der Waals surface area contributed by atoms with Gasteiger partial charge < -0.3 is 10.2 Å². The van der Waals surface area contributed by atoms with Crippen molar-refractivity contribution in [2.24, 2.45) is 0 Å². The number of anilines is 1. The lowest BCUT2D eigenvalue weighted by molar-refractivity contribution is 0.0684. The molecule has 1 aliphatic carbocycles. The first kappa shape index (κ1) is 18.5. The second kappa shape index (κ2) is 8.46. The molecule has 0 atom stereocenters. The third-order valence-electron chi connectivity index (χ3n) is 5.79.